The summed E-state index contributed by atoms with van der Waals surface area (Å²) in [5.41, 5.74) is 1.09. The molecule has 0 bridgehead atoms. The van der Waals surface area contributed by atoms with Crippen molar-refractivity contribution in [3.05, 3.63) is 24.3 Å². The quantitative estimate of drug-likeness (QED) is 0.745. The van der Waals surface area contributed by atoms with Crippen LogP contribution in [0.25, 0.3) is 0 Å². The lowest BCUT2D eigenvalue weighted by molar-refractivity contribution is -0.121. The zero-order chi connectivity index (χ0) is 11.5. The van der Waals surface area contributed by atoms with E-state index in [1.165, 1.54) is 4.90 Å². The first kappa shape index (κ1) is 11.5. The maximum atomic E-state index is 12.1. The van der Waals surface area contributed by atoms with E-state index in [4.69, 9.17) is 0 Å². The van der Waals surface area contributed by atoms with Crippen LogP contribution >= 0.6 is 11.8 Å². The van der Waals surface area contributed by atoms with Crippen LogP contribution in [0.5, 0.6) is 0 Å². The maximum absolute atomic E-state index is 12.1. The van der Waals surface area contributed by atoms with E-state index < -0.39 is 0 Å². The van der Waals surface area contributed by atoms with Crippen LogP contribution in [0.1, 0.15) is 20.3 Å². The zero-order valence-electron chi connectivity index (χ0n) is 9.77. The lowest BCUT2D eigenvalue weighted by Crippen LogP contribution is -2.35. The molecule has 0 aromatic heterocycles. The first-order valence-electron chi connectivity index (χ1n) is 5.73. The summed E-state index contributed by atoms with van der Waals surface area (Å²) in [4.78, 5) is 15.3. The second-order valence-corrected chi connectivity index (χ2v) is 5.45. The smallest absolute Gasteiger partial charge is 0.229 e. The summed E-state index contributed by atoms with van der Waals surface area (Å²) in [6.07, 6.45) is 1.07. The third kappa shape index (κ3) is 2.24. The fourth-order valence-corrected chi connectivity index (χ4v) is 2.86. The van der Waals surface area contributed by atoms with Gasteiger partial charge in [-0.05, 0) is 24.3 Å². The van der Waals surface area contributed by atoms with E-state index in [9.17, 15) is 4.79 Å². The summed E-state index contributed by atoms with van der Waals surface area (Å²) in [6, 6.07) is 8.19. The van der Waals surface area contributed by atoms with Crippen molar-refractivity contribution in [2.24, 2.45) is 5.92 Å². The highest BCUT2D eigenvalue weighted by Crippen LogP contribution is 2.34. The predicted molar refractivity (Wildman–Crippen MR) is 69.0 cm³/mol. The topological polar surface area (TPSA) is 20.3 Å². The van der Waals surface area contributed by atoms with Gasteiger partial charge in [0.2, 0.25) is 5.91 Å². The minimum atomic E-state index is 0.0659. The Labute approximate surface area is 101 Å². The Hall–Kier alpha value is -0.960. The van der Waals surface area contributed by atoms with Crippen molar-refractivity contribution in [1.29, 1.82) is 0 Å². The Morgan fingerprint density at radius 3 is 2.88 bits per heavy atom. The Morgan fingerprint density at radius 1 is 1.38 bits per heavy atom. The van der Waals surface area contributed by atoms with E-state index in [0.29, 0.717) is 0 Å². The first-order chi connectivity index (χ1) is 7.70. The molecule has 1 aromatic rings. The van der Waals surface area contributed by atoms with E-state index in [1.54, 1.807) is 0 Å². The average Bonchev–Trinajstić information content (AvgIpc) is 2.50. The van der Waals surface area contributed by atoms with Crippen LogP contribution in [-0.4, -0.2) is 18.2 Å². The number of anilines is 1. The number of carbonyl (C=O) groups excluding carboxylic acids is 1. The minimum Gasteiger partial charge on any atom is -0.311 e. The molecule has 0 saturated carbocycles. The summed E-state index contributed by atoms with van der Waals surface area (Å²) < 4.78 is 0. The number of hydrogen-bond donors (Lipinski definition) is 0. The lowest BCUT2D eigenvalue weighted by Gasteiger charge is -2.24. The van der Waals surface area contributed by atoms with Crippen molar-refractivity contribution in [2.45, 2.75) is 25.2 Å². The van der Waals surface area contributed by atoms with E-state index in [2.05, 4.69) is 6.07 Å². The molecular weight excluding hydrogens is 218 g/mol. The number of nitrogens with zero attached hydrogens (tertiary/aromatic N) is 1. The van der Waals surface area contributed by atoms with Gasteiger partial charge < -0.3 is 4.90 Å². The van der Waals surface area contributed by atoms with Crippen molar-refractivity contribution >= 4 is 23.4 Å². The predicted octanol–water partition coefficient (Wildman–Crippen LogP) is 3.17. The SMILES string of the molecule is CC(C)C(=O)N1CCCSc2ccccc21. The normalized spacial score (nSPS) is 15.8. The van der Waals surface area contributed by atoms with Crippen LogP contribution in [0.3, 0.4) is 0 Å². The van der Waals surface area contributed by atoms with Crippen molar-refractivity contribution in [3.63, 3.8) is 0 Å². The minimum absolute atomic E-state index is 0.0659. The Bertz CT molecular complexity index is 389. The molecule has 2 nitrogen and oxygen atoms in total. The summed E-state index contributed by atoms with van der Waals surface area (Å²) in [5, 5.41) is 0. The van der Waals surface area contributed by atoms with Crippen LogP contribution in [0.15, 0.2) is 29.2 Å². The Kier molecular flexibility index (Phi) is 3.54. The number of thioether (sulfide) groups is 1. The number of hydrogen-bond acceptors (Lipinski definition) is 2. The maximum Gasteiger partial charge on any atom is 0.229 e. The summed E-state index contributed by atoms with van der Waals surface area (Å²) in [5.74, 6) is 1.39. The summed E-state index contributed by atoms with van der Waals surface area (Å²) in [7, 11) is 0. The summed E-state index contributed by atoms with van der Waals surface area (Å²) >= 11 is 1.85. The van der Waals surface area contributed by atoms with Crippen LogP contribution < -0.4 is 4.90 Å². The third-order valence-corrected chi connectivity index (χ3v) is 3.85. The molecular formula is C13H17NOS. The van der Waals surface area contributed by atoms with Gasteiger partial charge in [0.25, 0.3) is 0 Å². The number of para-hydroxylation sites is 1. The molecule has 0 fully saturated rings. The molecule has 3 heteroatoms. The van der Waals surface area contributed by atoms with Gasteiger partial charge in [-0.2, -0.15) is 0 Å². The van der Waals surface area contributed by atoms with Gasteiger partial charge in [0, 0.05) is 17.4 Å². The number of benzene rings is 1. The van der Waals surface area contributed by atoms with Gasteiger partial charge in [-0.25, -0.2) is 0 Å². The molecule has 0 atom stereocenters. The van der Waals surface area contributed by atoms with Gasteiger partial charge in [0.05, 0.1) is 5.69 Å². The lowest BCUT2D eigenvalue weighted by atomic mass is 10.1. The van der Waals surface area contributed by atoms with E-state index in [1.807, 2.05) is 48.7 Å². The molecule has 1 aliphatic heterocycles. The van der Waals surface area contributed by atoms with Gasteiger partial charge in [0.1, 0.15) is 0 Å². The highest BCUT2D eigenvalue weighted by molar-refractivity contribution is 7.99. The third-order valence-electron chi connectivity index (χ3n) is 2.70. The monoisotopic (exact) mass is 235 g/mol. The molecule has 1 aliphatic rings. The standard InChI is InChI=1S/C13H17NOS/c1-10(2)13(15)14-8-5-9-16-12-7-4-3-6-11(12)14/h3-4,6-7,10H,5,8-9H2,1-2H3. The molecule has 0 saturated heterocycles. The highest BCUT2D eigenvalue weighted by Gasteiger charge is 2.22. The number of fused-ring (bicyclic) bond motifs is 1. The van der Waals surface area contributed by atoms with E-state index >= 15 is 0 Å². The second kappa shape index (κ2) is 4.91. The van der Waals surface area contributed by atoms with Gasteiger partial charge in [-0.3, -0.25) is 4.79 Å². The molecule has 16 heavy (non-hydrogen) atoms. The molecule has 1 aromatic carbocycles. The molecule has 1 heterocycles. The van der Waals surface area contributed by atoms with Crippen molar-refractivity contribution < 1.29 is 4.79 Å². The van der Waals surface area contributed by atoms with Gasteiger partial charge >= 0.3 is 0 Å². The molecule has 86 valence electrons. The average molecular weight is 235 g/mol. The van der Waals surface area contributed by atoms with Crippen molar-refractivity contribution in [2.75, 3.05) is 17.2 Å². The molecule has 1 amide bonds. The van der Waals surface area contributed by atoms with Crippen LogP contribution in [0, 0.1) is 5.92 Å². The molecule has 2 rings (SSSR count). The molecule has 0 radical (unpaired) electrons. The molecule has 0 N–H and O–H groups in total. The van der Waals surface area contributed by atoms with E-state index in [-0.39, 0.29) is 11.8 Å². The van der Waals surface area contributed by atoms with Gasteiger partial charge in [0.15, 0.2) is 0 Å². The molecule has 0 spiro atoms. The largest absolute Gasteiger partial charge is 0.311 e. The molecule has 0 aliphatic carbocycles. The number of rotatable bonds is 1. The zero-order valence-corrected chi connectivity index (χ0v) is 10.6. The van der Waals surface area contributed by atoms with E-state index in [0.717, 1.165) is 24.4 Å². The first-order valence-corrected chi connectivity index (χ1v) is 6.72. The fourth-order valence-electron chi connectivity index (χ4n) is 1.87. The Balaban J connectivity index is 2.36. The van der Waals surface area contributed by atoms with Crippen LogP contribution in [0.2, 0.25) is 0 Å². The van der Waals surface area contributed by atoms with Gasteiger partial charge in [-0.15, -0.1) is 11.8 Å². The van der Waals surface area contributed by atoms with Crippen molar-refractivity contribution in [3.8, 4) is 0 Å². The van der Waals surface area contributed by atoms with Crippen LogP contribution in [0.4, 0.5) is 5.69 Å². The molecule has 0 unspecified atom stereocenters. The number of carbonyl (C=O) groups is 1. The van der Waals surface area contributed by atoms with Crippen LogP contribution in [-0.2, 0) is 4.79 Å². The second-order valence-electron chi connectivity index (χ2n) is 4.31. The summed E-state index contributed by atoms with van der Waals surface area (Å²) in [6.45, 7) is 4.77. The Morgan fingerprint density at radius 2 is 2.12 bits per heavy atom. The highest BCUT2D eigenvalue weighted by atomic mass is 32.2. The van der Waals surface area contributed by atoms with Gasteiger partial charge in [-0.1, -0.05) is 26.0 Å². The van der Waals surface area contributed by atoms with Crippen molar-refractivity contribution in [1.82, 2.24) is 0 Å². The number of amides is 1. The fraction of sp³-hybridized carbons (Fsp3) is 0.462.